The number of aliphatic hydroxyl groups excluding tert-OH is 1. The Hall–Kier alpha value is -0.650. The molecule has 15 heavy (non-hydrogen) atoms. The van der Waals surface area contributed by atoms with Gasteiger partial charge < -0.3 is 14.9 Å². The zero-order valence-electron chi connectivity index (χ0n) is 9.81. The number of likely N-dealkylation sites (N-methyl/N-ethyl adjacent to an activating group) is 2. The molecule has 0 radical (unpaired) electrons. The minimum absolute atomic E-state index is 0.0492. The van der Waals surface area contributed by atoms with Crippen LogP contribution >= 0.6 is 0 Å². The maximum absolute atomic E-state index is 11.9. The maximum atomic E-state index is 11.9. The zero-order chi connectivity index (χ0) is 11.4. The molecule has 1 aliphatic heterocycles. The van der Waals surface area contributed by atoms with Crippen molar-refractivity contribution in [1.29, 1.82) is 0 Å². The van der Waals surface area contributed by atoms with Crippen molar-refractivity contribution in [2.24, 2.45) is 0 Å². The fourth-order valence-corrected chi connectivity index (χ4v) is 1.70. The highest BCUT2D eigenvalue weighted by atomic mass is 16.3. The number of carbonyl (C=O) groups excluding carboxylic acids is 1. The number of nitrogens with zero attached hydrogens (tertiary/aromatic N) is 3. The fraction of sp³-hybridized carbons (Fsp3) is 0.900. The lowest BCUT2D eigenvalue weighted by atomic mass is 10.2. The Morgan fingerprint density at radius 2 is 2.13 bits per heavy atom. The topological polar surface area (TPSA) is 47.0 Å². The monoisotopic (exact) mass is 215 g/mol. The third-order valence-corrected chi connectivity index (χ3v) is 2.84. The average Bonchev–Trinajstić information content (AvgIpc) is 2.17. The fourth-order valence-electron chi connectivity index (χ4n) is 1.70. The normalized spacial score (nSPS) is 23.9. The van der Waals surface area contributed by atoms with Crippen molar-refractivity contribution in [3.05, 3.63) is 0 Å². The summed E-state index contributed by atoms with van der Waals surface area (Å²) >= 11 is 0. The smallest absolute Gasteiger partial charge is 0.242 e. The molecular weight excluding hydrogens is 194 g/mol. The van der Waals surface area contributed by atoms with E-state index in [9.17, 15) is 4.79 Å². The summed E-state index contributed by atoms with van der Waals surface area (Å²) in [5, 5.41) is 9.13. The lowest BCUT2D eigenvalue weighted by Crippen LogP contribution is -2.57. The molecule has 5 nitrogen and oxygen atoms in total. The largest absolute Gasteiger partial charge is 0.394 e. The Balaban J connectivity index is 2.49. The summed E-state index contributed by atoms with van der Waals surface area (Å²) in [5.74, 6) is 0.0492. The van der Waals surface area contributed by atoms with Crippen LogP contribution in [0, 0.1) is 0 Å². The van der Waals surface area contributed by atoms with Crippen molar-refractivity contribution >= 4 is 5.91 Å². The molecule has 1 unspecified atom stereocenters. The van der Waals surface area contributed by atoms with Crippen LogP contribution in [-0.4, -0.2) is 85.7 Å². The quantitative estimate of drug-likeness (QED) is 0.632. The molecule has 1 amide bonds. The third-order valence-electron chi connectivity index (χ3n) is 2.84. The number of carbonyl (C=O) groups is 1. The maximum Gasteiger partial charge on any atom is 0.242 e. The molecule has 0 spiro atoms. The summed E-state index contributed by atoms with van der Waals surface area (Å²) in [7, 11) is 5.86. The number of amides is 1. The predicted molar refractivity (Wildman–Crippen MR) is 58.6 cm³/mol. The highest BCUT2D eigenvalue weighted by Crippen LogP contribution is 2.08. The number of piperazine rings is 1. The van der Waals surface area contributed by atoms with E-state index < -0.39 is 0 Å². The molecule has 0 aromatic rings. The van der Waals surface area contributed by atoms with Crippen LogP contribution in [0.25, 0.3) is 0 Å². The molecule has 0 bridgehead atoms. The first-order valence-corrected chi connectivity index (χ1v) is 5.31. The number of hydrogen-bond donors (Lipinski definition) is 1. The summed E-state index contributed by atoms with van der Waals surface area (Å²) in [4.78, 5) is 17.7. The molecule has 1 N–H and O–H groups in total. The molecule has 0 saturated carbocycles. The van der Waals surface area contributed by atoms with Gasteiger partial charge in [0.15, 0.2) is 0 Å². The second-order valence-electron chi connectivity index (χ2n) is 4.31. The molecule has 1 aliphatic rings. The van der Waals surface area contributed by atoms with Gasteiger partial charge in [0.1, 0.15) is 6.04 Å². The van der Waals surface area contributed by atoms with Gasteiger partial charge in [-0.2, -0.15) is 0 Å². The van der Waals surface area contributed by atoms with Gasteiger partial charge in [0.05, 0.1) is 6.61 Å². The summed E-state index contributed by atoms with van der Waals surface area (Å²) in [6, 6.07) is -0.346. The van der Waals surface area contributed by atoms with Gasteiger partial charge in [0, 0.05) is 26.2 Å². The van der Waals surface area contributed by atoms with Gasteiger partial charge in [-0.15, -0.1) is 0 Å². The Bertz CT molecular complexity index is 221. The summed E-state index contributed by atoms with van der Waals surface area (Å²) in [6.07, 6.45) is 0. The van der Waals surface area contributed by atoms with E-state index >= 15 is 0 Å². The van der Waals surface area contributed by atoms with Gasteiger partial charge in [-0.3, -0.25) is 9.69 Å². The molecule has 0 aromatic heterocycles. The van der Waals surface area contributed by atoms with Crippen molar-refractivity contribution < 1.29 is 9.90 Å². The van der Waals surface area contributed by atoms with E-state index in [4.69, 9.17) is 5.11 Å². The van der Waals surface area contributed by atoms with Gasteiger partial charge in [-0.25, -0.2) is 0 Å². The Kier molecular flexibility index (Phi) is 4.50. The van der Waals surface area contributed by atoms with Crippen LogP contribution < -0.4 is 0 Å². The van der Waals surface area contributed by atoms with Gasteiger partial charge >= 0.3 is 0 Å². The molecule has 0 aliphatic carbocycles. The Morgan fingerprint density at radius 3 is 2.67 bits per heavy atom. The van der Waals surface area contributed by atoms with Gasteiger partial charge in [-0.1, -0.05) is 0 Å². The molecular formula is C10H21N3O2. The lowest BCUT2D eigenvalue weighted by Gasteiger charge is -2.38. The summed E-state index contributed by atoms with van der Waals surface area (Å²) in [5.41, 5.74) is 0. The van der Waals surface area contributed by atoms with Crippen LogP contribution in [0.2, 0.25) is 0 Å². The highest BCUT2D eigenvalue weighted by molar-refractivity contribution is 5.82. The third kappa shape index (κ3) is 3.15. The first-order valence-electron chi connectivity index (χ1n) is 5.31. The second-order valence-corrected chi connectivity index (χ2v) is 4.31. The molecule has 1 rings (SSSR count). The van der Waals surface area contributed by atoms with Crippen LogP contribution in [0.1, 0.15) is 0 Å². The lowest BCUT2D eigenvalue weighted by molar-refractivity contribution is -0.142. The molecule has 0 aromatic carbocycles. The van der Waals surface area contributed by atoms with Crippen LogP contribution in [0.4, 0.5) is 0 Å². The molecule has 1 fully saturated rings. The van der Waals surface area contributed by atoms with Crippen molar-refractivity contribution in [3.63, 3.8) is 0 Å². The van der Waals surface area contributed by atoms with Gasteiger partial charge in [-0.05, 0) is 21.1 Å². The number of hydrogen-bond acceptors (Lipinski definition) is 4. The second kappa shape index (κ2) is 5.44. The summed E-state index contributed by atoms with van der Waals surface area (Å²) in [6.45, 7) is 3.13. The zero-order valence-corrected chi connectivity index (χ0v) is 9.81. The first kappa shape index (κ1) is 12.4. The average molecular weight is 215 g/mol. The molecule has 88 valence electrons. The van der Waals surface area contributed by atoms with Crippen molar-refractivity contribution in [3.8, 4) is 0 Å². The highest BCUT2D eigenvalue weighted by Gasteiger charge is 2.31. The standard InChI is InChI=1S/C10H21N3O2/c1-11(2)4-6-13-7-5-12(3)9(8-14)10(13)15/h9,14H,4-8H2,1-3H3. The summed E-state index contributed by atoms with van der Waals surface area (Å²) < 4.78 is 0. The Labute approximate surface area is 91.3 Å². The van der Waals surface area contributed by atoms with E-state index in [1.54, 1.807) is 0 Å². The van der Waals surface area contributed by atoms with Crippen molar-refractivity contribution in [2.75, 3.05) is 53.9 Å². The van der Waals surface area contributed by atoms with Gasteiger partial charge in [0.25, 0.3) is 0 Å². The minimum Gasteiger partial charge on any atom is -0.394 e. The number of aliphatic hydroxyl groups is 1. The van der Waals surface area contributed by atoms with E-state index in [1.165, 1.54) is 0 Å². The van der Waals surface area contributed by atoms with Crippen LogP contribution in [0.5, 0.6) is 0 Å². The van der Waals surface area contributed by atoms with Crippen LogP contribution in [0.15, 0.2) is 0 Å². The van der Waals surface area contributed by atoms with Crippen molar-refractivity contribution in [2.45, 2.75) is 6.04 Å². The van der Waals surface area contributed by atoms with E-state index in [0.717, 1.165) is 26.2 Å². The molecule has 5 heteroatoms. The SMILES string of the molecule is CN(C)CCN1CCN(C)C(CO)C1=O. The van der Waals surface area contributed by atoms with Crippen molar-refractivity contribution in [1.82, 2.24) is 14.7 Å². The Morgan fingerprint density at radius 1 is 1.47 bits per heavy atom. The molecule has 1 atom stereocenters. The minimum atomic E-state index is -0.346. The van der Waals surface area contributed by atoms with E-state index in [2.05, 4.69) is 4.90 Å². The molecule has 1 saturated heterocycles. The number of rotatable bonds is 4. The van der Waals surface area contributed by atoms with E-state index in [1.807, 2.05) is 30.9 Å². The van der Waals surface area contributed by atoms with Crippen LogP contribution in [0.3, 0.4) is 0 Å². The van der Waals surface area contributed by atoms with Crippen LogP contribution in [-0.2, 0) is 4.79 Å². The van der Waals surface area contributed by atoms with E-state index in [-0.39, 0.29) is 18.6 Å². The van der Waals surface area contributed by atoms with Gasteiger partial charge in [0.2, 0.25) is 5.91 Å². The predicted octanol–water partition coefficient (Wildman–Crippen LogP) is -1.32. The molecule has 1 heterocycles. The van der Waals surface area contributed by atoms with E-state index in [0.29, 0.717) is 0 Å². The first-order chi connectivity index (χ1) is 7.06.